The highest BCUT2D eigenvalue weighted by Crippen LogP contribution is 2.37. The van der Waals surface area contributed by atoms with E-state index in [2.05, 4.69) is 0 Å². The second-order valence-electron chi connectivity index (χ2n) is 5.23. The summed E-state index contributed by atoms with van der Waals surface area (Å²) in [7, 11) is 1.63. The van der Waals surface area contributed by atoms with Crippen LogP contribution in [0.4, 0.5) is 5.69 Å². The van der Waals surface area contributed by atoms with Gasteiger partial charge < -0.3 is 4.74 Å². The number of non-ortho nitro benzene ring substituents is 1. The van der Waals surface area contributed by atoms with Crippen LogP contribution >= 0.6 is 23.4 Å². The SMILES string of the molecule is COc1ccc(Sc2ccc([N+](=O)[O-])cc2)cc1-c1cccc(Cl)c1. The number of nitro groups is 1. The molecule has 0 saturated heterocycles. The standard InChI is InChI=1S/C19H14ClNO3S/c1-24-19-10-9-17(12-18(19)13-3-2-4-14(20)11-13)25-16-7-5-15(6-8-16)21(22)23/h2-12H,1H3. The molecule has 25 heavy (non-hydrogen) atoms. The Bertz CT molecular complexity index is 913. The van der Waals surface area contributed by atoms with Crippen LogP contribution in [0.1, 0.15) is 0 Å². The van der Waals surface area contributed by atoms with Gasteiger partial charge in [-0.1, -0.05) is 35.5 Å². The molecule has 0 aliphatic rings. The summed E-state index contributed by atoms with van der Waals surface area (Å²) in [5.74, 6) is 0.760. The number of hydrogen-bond donors (Lipinski definition) is 0. The van der Waals surface area contributed by atoms with E-state index in [-0.39, 0.29) is 5.69 Å². The quantitative estimate of drug-likeness (QED) is 0.403. The molecular weight excluding hydrogens is 358 g/mol. The molecule has 3 aromatic rings. The number of hydrogen-bond acceptors (Lipinski definition) is 4. The first kappa shape index (κ1) is 17.3. The smallest absolute Gasteiger partial charge is 0.269 e. The molecule has 126 valence electrons. The van der Waals surface area contributed by atoms with Crippen molar-refractivity contribution >= 4 is 29.1 Å². The summed E-state index contributed by atoms with van der Waals surface area (Å²) in [6, 6.07) is 20.0. The molecule has 0 unspecified atom stereocenters. The largest absolute Gasteiger partial charge is 0.496 e. The molecule has 0 aliphatic heterocycles. The van der Waals surface area contributed by atoms with E-state index in [1.165, 1.54) is 23.9 Å². The highest BCUT2D eigenvalue weighted by molar-refractivity contribution is 7.99. The third-order valence-electron chi connectivity index (χ3n) is 3.59. The fourth-order valence-electron chi connectivity index (χ4n) is 2.40. The minimum Gasteiger partial charge on any atom is -0.496 e. The predicted octanol–water partition coefficient (Wildman–Crippen LogP) is 6.08. The summed E-state index contributed by atoms with van der Waals surface area (Å²) in [6.07, 6.45) is 0. The van der Waals surface area contributed by atoms with Crippen LogP contribution in [0.15, 0.2) is 76.5 Å². The molecule has 0 radical (unpaired) electrons. The second-order valence-corrected chi connectivity index (χ2v) is 6.81. The van der Waals surface area contributed by atoms with E-state index in [0.717, 1.165) is 26.7 Å². The molecule has 4 nitrogen and oxygen atoms in total. The Morgan fingerprint density at radius 3 is 2.36 bits per heavy atom. The lowest BCUT2D eigenvalue weighted by molar-refractivity contribution is -0.384. The Morgan fingerprint density at radius 2 is 1.72 bits per heavy atom. The van der Waals surface area contributed by atoms with Gasteiger partial charge in [0, 0.05) is 32.5 Å². The Balaban J connectivity index is 1.92. The maximum Gasteiger partial charge on any atom is 0.269 e. The average Bonchev–Trinajstić information content (AvgIpc) is 2.62. The summed E-state index contributed by atoms with van der Waals surface area (Å²) in [6.45, 7) is 0. The number of nitro benzene ring substituents is 1. The summed E-state index contributed by atoms with van der Waals surface area (Å²) in [5.41, 5.74) is 1.99. The van der Waals surface area contributed by atoms with Gasteiger partial charge >= 0.3 is 0 Å². The molecule has 0 amide bonds. The minimum absolute atomic E-state index is 0.0821. The van der Waals surface area contributed by atoms with Crippen molar-refractivity contribution < 1.29 is 9.66 Å². The van der Waals surface area contributed by atoms with Crippen molar-refractivity contribution in [1.29, 1.82) is 0 Å². The van der Waals surface area contributed by atoms with E-state index in [0.29, 0.717) is 5.02 Å². The van der Waals surface area contributed by atoms with Crippen LogP contribution in [0.3, 0.4) is 0 Å². The monoisotopic (exact) mass is 371 g/mol. The first-order valence-corrected chi connectivity index (χ1v) is 8.62. The van der Waals surface area contributed by atoms with Crippen molar-refractivity contribution in [3.8, 4) is 16.9 Å². The maximum atomic E-state index is 10.7. The number of halogens is 1. The van der Waals surface area contributed by atoms with Gasteiger partial charge in [-0.2, -0.15) is 0 Å². The Kier molecular flexibility index (Phi) is 5.26. The number of rotatable bonds is 5. The van der Waals surface area contributed by atoms with Crippen LogP contribution in [0.5, 0.6) is 5.75 Å². The first-order valence-electron chi connectivity index (χ1n) is 7.43. The molecule has 0 N–H and O–H groups in total. The van der Waals surface area contributed by atoms with Gasteiger partial charge in [0.1, 0.15) is 5.75 Å². The van der Waals surface area contributed by atoms with Crippen molar-refractivity contribution in [2.24, 2.45) is 0 Å². The third kappa shape index (κ3) is 4.13. The molecule has 0 bridgehead atoms. The molecule has 0 fully saturated rings. The normalized spacial score (nSPS) is 10.5. The van der Waals surface area contributed by atoms with Gasteiger partial charge in [0.25, 0.3) is 5.69 Å². The predicted molar refractivity (Wildman–Crippen MR) is 101 cm³/mol. The van der Waals surface area contributed by atoms with E-state index < -0.39 is 4.92 Å². The van der Waals surface area contributed by atoms with E-state index in [1.807, 2.05) is 42.5 Å². The van der Waals surface area contributed by atoms with Crippen molar-refractivity contribution in [2.75, 3.05) is 7.11 Å². The third-order valence-corrected chi connectivity index (χ3v) is 4.82. The molecule has 0 atom stereocenters. The van der Waals surface area contributed by atoms with Gasteiger partial charge in [0.05, 0.1) is 12.0 Å². The van der Waals surface area contributed by atoms with E-state index in [4.69, 9.17) is 16.3 Å². The number of nitrogens with zero attached hydrogens (tertiary/aromatic N) is 1. The summed E-state index contributed by atoms with van der Waals surface area (Å²) in [5, 5.41) is 11.4. The van der Waals surface area contributed by atoms with Gasteiger partial charge in [-0.3, -0.25) is 10.1 Å². The average molecular weight is 372 g/mol. The zero-order valence-corrected chi connectivity index (χ0v) is 14.9. The van der Waals surface area contributed by atoms with E-state index in [1.54, 1.807) is 19.2 Å². The highest BCUT2D eigenvalue weighted by Gasteiger charge is 2.10. The molecule has 0 aliphatic carbocycles. The van der Waals surface area contributed by atoms with Gasteiger partial charge in [-0.05, 0) is 48.0 Å². The van der Waals surface area contributed by atoms with Gasteiger partial charge in [-0.25, -0.2) is 0 Å². The number of benzene rings is 3. The molecule has 0 heterocycles. The summed E-state index contributed by atoms with van der Waals surface area (Å²) < 4.78 is 5.46. The molecule has 6 heteroatoms. The van der Waals surface area contributed by atoms with Crippen LogP contribution in [-0.4, -0.2) is 12.0 Å². The molecule has 3 rings (SSSR count). The maximum absolute atomic E-state index is 10.7. The number of methoxy groups -OCH3 is 1. The fourth-order valence-corrected chi connectivity index (χ4v) is 3.45. The van der Waals surface area contributed by atoms with E-state index >= 15 is 0 Å². The molecular formula is C19H14ClNO3S. The number of ether oxygens (including phenoxy) is 1. The van der Waals surface area contributed by atoms with Crippen molar-refractivity contribution in [1.82, 2.24) is 0 Å². The van der Waals surface area contributed by atoms with Crippen LogP contribution in [0, 0.1) is 10.1 Å². The van der Waals surface area contributed by atoms with Crippen LogP contribution in [0.25, 0.3) is 11.1 Å². The topological polar surface area (TPSA) is 52.4 Å². The van der Waals surface area contributed by atoms with Gasteiger partial charge in [0.2, 0.25) is 0 Å². The lowest BCUT2D eigenvalue weighted by Crippen LogP contribution is -1.89. The molecule has 0 spiro atoms. The van der Waals surface area contributed by atoms with Crippen LogP contribution in [0.2, 0.25) is 5.02 Å². The fraction of sp³-hybridized carbons (Fsp3) is 0.0526. The summed E-state index contributed by atoms with van der Waals surface area (Å²) in [4.78, 5) is 12.3. The van der Waals surface area contributed by atoms with Crippen LogP contribution < -0.4 is 4.74 Å². The Hall–Kier alpha value is -2.50. The zero-order valence-electron chi connectivity index (χ0n) is 13.3. The first-order chi connectivity index (χ1) is 12.1. The molecule has 0 saturated carbocycles. The second kappa shape index (κ2) is 7.59. The lowest BCUT2D eigenvalue weighted by Gasteiger charge is -2.11. The van der Waals surface area contributed by atoms with Crippen LogP contribution in [-0.2, 0) is 0 Å². The lowest BCUT2D eigenvalue weighted by atomic mass is 10.0. The summed E-state index contributed by atoms with van der Waals surface area (Å²) >= 11 is 7.63. The van der Waals surface area contributed by atoms with E-state index in [9.17, 15) is 10.1 Å². The van der Waals surface area contributed by atoms with Gasteiger partial charge in [0.15, 0.2) is 0 Å². The molecule has 0 aromatic heterocycles. The zero-order chi connectivity index (χ0) is 17.8. The van der Waals surface area contributed by atoms with Crippen molar-refractivity contribution in [3.63, 3.8) is 0 Å². The van der Waals surface area contributed by atoms with Crippen molar-refractivity contribution in [2.45, 2.75) is 9.79 Å². The molecule has 3 aromatic carbocycles. The Morgan fingerprint density at radius 1 is 1.00 bits per heavy atom. The van der Waals surface area contributed by atoms with Crippen molar-refractivity contribution in [3.05, 3.63) is 81.9 Å². The highest BCUT2D eigenvalue weighted by atomic mass is 35.5. The van der Waals surface area contributed by atoms with Gasteiger partial charge in [-0.15, -0.1) is 0 Å². The minimum atomic E-state index is -0.404. The Labute approximate surface area is 154 Å².